The number of benzene rings is 1. The lowest BCUT2D eigenvalue weighted by atomic mass is 10.1. The molecule has 8 heteroatoms. The smallest absolute Gasteiger partial charge is 0.419 e. The molecule has 2 nitrogen and oxygen atoms in total. The average molecular weight is 308 g/mol. The molecule has 1 radical (unpaired) electrons. The van der Waals surface area contributed by atoms with Gasteiger partial charge in [-0.1, -0.05) is 0 Å². The Balaban J connectivity index is 2.51. The van der Waals surface area contributed by atoms with Gasteiger partial charge >= 0.3 is 12.4 Å². The summed E-state index contributed by atoms with van der Waals surface area (Å²) >= 11 is 0. The first-order valence-corrected chi connectivity index (χ1v) is 5.58. The van der Waals surface area contributed by atoms with Crippen LogP contribution in [0.25, 0.3) is 0 Å². The maximum atomic E-state index is 12.8. The standard InChI is InChI=1S/C13H8F6NO/c1-20-6-2-3-11(20)21-10-7-8(12(14,15)16)4-5-9(10)13(17,18)19/h3-7H,1H3. The van der Waals surface area contributed by atoms with Gasteiger partial charge in [-0.25, -0.2) is 0 Å². The number of hydrogen-bond acceptors (Lipinski definition) is 1. The molecule has 1 heterocycles. The topological polar surface area (TPSA) is 14.2 Å². The van der Waals surface area contributed by atoms with Crippen molar-refractivity contribution in [2.24, 2.45) is 7.05 Å². The van der Waals surface area contributed by atoms with Gasteiger partial charge in [-0.2, -0.15) is 26.3 Å². The number of aryl methyl sites for hydroxylation is 1. The van der Waals surface area contributed by atoms with Gasteiger partial charge in [0.25, 0.3) is 0 Å². The molecule has 2 rings (SSSR count). The number of ether oxygens (including phenoxy) is 1. The maximum absolute atomic E-state index is 12.8. The van der Waals surface area contributed by atoms with Crippen LogP contribution in [0.4, 0.5) is 26.3 Å². The number of aromatic nitrogens is 1. The zero-order chi connectivity index (χ0) is 15.8. The van der Waals surface area contributed by atoms with Crippen LogP contribution in [-0.2, 0) is 19.4 Å². The first kappa shape index (κ1) is 15.3. The second-order valence-corrected chi connectivity index (χ2v) is 4.20. The summed E-state index contributed by atoms with van der Waals surface area (Å²) in [4.78, 5) is 0. The number of hydrogen-bond donors (Lipinski definition) is 0. The van der Waals surface area contributed by atoms with Crippen LogP contribution in [-0.4, -0.2) is 4.57 Å². The van der Waals surface area contributed by atoms with Gasteiger partial charge in [-0.3, -0.25) is 0 Å². The Kier molecular flexibility index (Phi) is 3.65. The van der Waals surface area contributed by atoms with E-state index in [1.807, 2.05) is 0 Å². The molecule has 0 spiro atoms. The molecule has 0 unspecified atom stereocenters. The fraction of sp³-hybridized carbons (Fsp3) is 0.231. The van der Waals surface area contributed by atoms with Crippen molar-refractivity contribution in [2.45, 2.75) is 12.4 Å². The second-order valence-electron chi connectivity index (χ2n) is 4.20. The Hall–Kier alpha value is -2.12. The number of halogens is 6. The van der Waals surface area contributed by atoms with E-state index in [-0.39, 0.29) is 5.88 Å². The van der Waals surface area contributed by atoms with Crippen LogP contribution in [0.2, 0.25) is 0 Å². The summed E-state index contributed by atoms with van der Waals surface area (Å²) < 4.78 is 82.6. The average Bonchev–Trinajstić information content (AvgIpc) is 2.72. The van der Waals surface area contributed by atoms with E-state index in [9.17, 15) is 26.3 Å². The Bertz CT molecular complexity index is 641. The third-order valence-corrected chi connectivity index (χ3v) is 2.65. The summed E-state index contributed by atoms with van der Waals surface area (Å²) in [5.74, 6) is -0.965. The molecule has 1 aromatic carbocycles. The molecular weight excluding hydrogens is 300 g/mol. The molecule has 0 aliphatic rings. The fourth-order valence-corrected chi connectivity index (χ4v) is 1.62. The molecule has 0 saturated carbocycles. The van der Waals surface area contributed by atoms with E-state index in [4.69, 9.17) is 4.74 Å². The first-order valence-electron chi connectivity index (χ1n) is 5.58. The minimum absolute atomic E-state index is 0.0557. The van der Waals surface area contributed by atoms with E-state index >= 15 is 0 Å². The van der Waals surface area contributed by atoms with Crippen LogP contribution in [0.15, 0.2) is 30.5 Å². The zero-order valence-electron chi connectivity index (χ0n) is 10.5. The molecule has 21 heavy (non-hydrogen) atoms. The largest absolute Gasteiger partial charge is 0.440 e. The molecule has 0 amide bonds. The van der Waals surface area contributed by atoms with Crippen LogP contribution in [0.3, 0.4) is 0 Å². The van der Waals surface area contributed by atoms with Gasteiger partial charge in [0.05, 0.1) is 11.1 Å². The van der Waals surface area contributed by atoms with E-state index < -0.39 is 29.2 Å². The Morgan fingerprint density at radius 3 is 2.19 bits per heavy atom. The van der Waals surface area contributed by atoms with Crippen LogP contribution < -0.4 is 4.74 Å². The van der Waals surface area contributed by atoms with Gasteiger partial charge in [0, 0.05) is 25.4 Å². The van der Waals surface area contributed by atoms with Crippen LogP contribution in [0.1, 0.15) is 11.1 Å². The Morgan fingerprint density at radius 1 is 1.05 bits per heavy atom. The monoisotopic (exact) mass is 308 g/mol. The summed E-state index contributed by atoms with van der Waals surface area (Å²) in [6, 6.07) is 4.83. The highest BCUT2D eigenvalue weighted by atomic mass is 19.4. The van der Waals surface area contributed by atoms with E-state index in [2.05, 4.69) is 6.07 Å². The highest BCUT2D eigenvalue weighted by molar-refractivity contribution is 5.42. The minimum Gasteiger partial charge on any atom is -0.440 e. The van der Waals surface area contributed by atoms with Crippen molar-refractivity contribution < 1.29 is 31.1 Å². The van der Waals surface area contributed by atoms with Gasteiger partial charge < -0.3 is 9.30 Å². The van der Waals surface area contributed by atoms with E-state index in [1.165, 1.54) is 23.9 Å². The third kappa shape index (κ3) is 3.32. The van der Waals surface area contributed by atoms with Gasteiger partial charge in [0.1, 0.15) is 5.75 Å². The van der Waals surface area contributed by atoms with Gasteiger partial charge in [-0.15, -0.1) is 0 Å². The van der Waals surface area contributed by atoms with Crippen LogP contribution in [0, 0.1) is 6.07 Å². The maximum Gasteiger partial charge on any atom is 0.419 e. The van der Waals surface area contributed by atoms with E-state index in [1.54, 1.807) is 0 Å². The summed E-state index contributed by atoms with van der Waals surface area (Å²) in [7, 11) is 1.46. The predicted molar refractivity (Wildman–Crippen MR) is 60.8 cm³/mol. The molecule has 0 aliphatic heterocycles. The second kappa shape index (κ2) is 5.01. The van der Waals surface area contributed by atoms with E-state index in [0.717, 1.165) is 0 Å². The number of alkyl halides is 6. The molecule has 0 N–H and O–H groups in total. The summed E-state index contributed by atoms with van der Waals surface area (Å²) in [6.07, 6.45) is -8.22. The third-order valence-electron chi connectivity index (χ3n) is 2.65. The molecule has 0 bridgehead atoms. The molecule has 1 aromatic heterocycles. The summed E-state index contributed by atoms with van der Waals surface area (Å²) in [6.45, 7) is 0. The molecule has 0 aliphatic carbocycles. The first-order chi connectivity index (χ1) is 9.59. The quantitative estimate of drug-likeness (QED) is 0.736. The summed E-state index contributed by atoms with van der Waals surface area (Å²) in [5.41, 5.74) is -2.50. The van der Waals surface area contributed by atoms with Crippen molar-refractivity contribution in [1.29, 1.82) is 0 Å². The lowest BCUT2D eigenvalue weighted by Crippen LogP contribution is -2.11. The Labute approximate surface area is 115 Å². The SMILES string of the molecule is Cn1c[c]cc1Oc1cc(C(F)(F)F)ccc1C(F)(F)F. The van der Waals surface area contributed by atoms with Crippen molar-refractivity contribution >= 4 is 0 Å². The van der Waals surface area contributed by atoms with E-state index in [0.29, 0.717) is 18.2 Å². The lowest BCUT2D eigenvalue weighted by Gasteiger charge is -2.16. The zero-order valence-corrected chi connectivity index (χ0v) is 10.5. The van der Waals surface area contributed by atoms with Gasteiger partial charge in [0.15, 0.2) is 5.88 Å². The molecule has 0 saturated heterocycles. The van der Waals surface area contributed by atoms with Crippen molar-refractivity contribution in [3.8, 4) is 11.6 Å². The van der Waals surface area contributed by atoms with Crippen molar-refractivity contribution in [1.82, 2.24) is 4.57 Å². The molecule has 0 atom stereocenters. The van der Waals surface area contributed by atoms with Crippen molar-refractivity contribution in [3.05, 3.63) is 47.7 Å². The minimum atomic E-state index is -4.83. The Morgan fingerprint density at radius 2 is 1.71 bits per heavy atom. The van der Waals surface area contributed by atoms with Crippen LogP contribution >= 0.6 is 0 Å². The normalized spacial score (nSPS) is 12.5. The lowest BCUT2D eigenvalue weighted by molar-refractivity contribution is -0.142. The molecule has 113 valence electrons. The fourth-order valence-electron chi connectivity index (χ4n) is 1.62. The highest BCUT2D eigenvalue weighted by Crippen LogP contribution is 2.41. The van der Waals surface area contributed by atoms with Gasteiger partial charge in [-0.05, 0) is 18.2 Å². The van der Waals surface area contributed by atoms with Crippen LogP contribution in [0.5, 0.6) is 11.6 Å². The molecule has 0 fully saturated rings. The number of rotatable bonds is 2. The molecule has 2 aromatic rings. The molecular formula is C13H8F6NO. The predicted octanol–water partition coefficient (Wildman–Crippen LogP) is 4.66. The van der Waals surface area contributed by atoms with Crippen molar-refractivity contribution in [2.75, 3.05) is 0 Å². The van der Waals surface area contributed by atoms with Gasteiger partial charge in [0.2, 0.25) is 0 Å². The highest BCUT2D eigenvalue weighted by Gasteiger charge is 2.38. The van der Waals surface area contributed by atoms with Crippen molar-refractivity contribution in [3.63, 3.8) is 0 Å². The number of nitrogens with zero attached hydrogens (tertiary/aromatic N) is 1. The summed E-state index contributed by atoms with van der Waals surface area (Å²) in [5, 5.41) is 0.